The number of nitrogens with zero attached hydrogens (tertiary/aromatic N) is 1. The van der Waals surface area contributed by atoms with Gasteiger partial charge in [0, 0.05) is 19.5 Å². The predicted octanol–water partition coefficient (Wildman–Crippen LogP) is 1.80. The SMILES string of the molecule is CCC(C)C(O)CN1CCCCCC1=O. The van der Waals surface area contributed by atoms with Crippen molar-refractivity contribution < 1.29 is 9.90 Å². The molecule has 1 rings (SSSR count). The van der Waals surface area contributed by atoms with Crippen LogP contribution in [0.2, 0.25) is 0 Å². The van der Waals surface area contributed by atoms with E-state index in [1.165, 1.54) is 0 Å². The van der Waals surface area contributed by atoms with Gasteiger partial charge in [-0.05, 0) is 18.8 Å². The molecule has 3 heteroatoms. The molecule has 2 unspecified atom stereocenters. The molecule has 0 bridgehead atoms. The Kier molecular flexibility index (Phi) is 5.09. The number of aliphatic hydroxyl groups excluding tert-OH is 1. The van der Waals surface area contributed by atoms with Crippen molar-refractivity contribution in [2.45, 2.75) is 52.1 Å². The Morgan fingerprint density at radius 2 is 2.13 bits per heavy atom. The second-order valence-electron chi connectivity index (χ2n) is 4.60. The number of hydrogen-bond acceptors (Lipinski definition) is 2. The lowest BCUT2D eigenvalue weighted by molar-refractivity contribution is -0.132. The van der Waals surface area contributed by atoms with E-state index in [-0.39, 0.29) is 17.9 Å². The zero-order chi connectivity index (χ0) is 11.3. The highest BCUT2D eigenvalue weighted by Crippen LogP contribution is 2.14. The highest BCUT2D eigenvalue weighted by molar-refractivity contribution is 5.76. The van der Waals surface area contributed by atoms with Gasteiger partial charge in [0.05, 0.1) is 6.10 Å². The third-order valence-corrected chi connectivity index (χ3v) is 3.38. The van der Waals surface area contributed by atoms with Gasteiger partial charge in [0.1, 0.15) is 0 Å². The third-order valence-electron chi connectivity index (χ3n) is 3.38. The Balaban J connectivity index is 2.44. The maximum Gasteiger partial charge on any atom is 0.222 e. The first kappa shape index (κ1) is 12.5. The first-order valence-electron chi connectivity index (χ1n) is 6.11. The molecular formula is C12H23NO2. The van der Waals surface area contributed by atoms with Crippen LogP contribution in [-0.4, -0.2) is 35.1 Å². The summed E-state index contributed by atoms with van der Waals surface area (Å²) >= 11 is 0. The van der Waals surface area contributed by atoms with E-state index in [2.05, 4.69) is 6.92 Å². The molecule has 0 radical (unpaired) electrons. The number of aliphatic hydroxyl groups is 1. The average molecular weight is 213 g/mol. The minimum Gasteiger partial charge on any atom is -0.391 e. The minimum absolute atomic E-state index is 0.217. The highest BCUT2D eigenvalue weighted by atomic mass is 16.3. The molecular weight excluding hydrogens is 190 g/mol. The number of rotatable bonds is 4. The molecule has 3 nitrogen and oxygen atoms in total. The van der Waals surface area contributed by atoms with Gasteiger partial charge < -0.3 is 10.0 Å². The lowest BCUT2D eigenvalue weighted by Gasteiger charge is -2.26. The van der Waals surface area contributed by atoms with Crippen molar-refractivity contribution in [3.05, 3.63) is 0 Å². The minimum atomic E-state index is -0.364. The highest BCUT2D eigenvalue weighted by Gasteiger charge is 2.21. The standard InChI is InChI=1S/C12H23NO2/c1-3-10(2)11(14)9-13-8-6-4-5-7-12(13)15/h10-11,14H,3-9H2,1-2H3. The summed E-state index contributed by atoms with van der Waals surface area (Å²) in [5.41, 5.74) is 0. The van der Waals surface area contributed by atoms with Crippen LogP contribution < -0.4 is 0 Å². The van der Waals surface area contributed by atoms with E-state index in [0.717, 1.165) is 32.2 Å². The van der Waals surface area contributed by atoms with Gasteiger partial charge in [-0.1, -0.05) is 26.7 Å². The molecule has 1 aliphatic heterocycles. The molecule has 1 heterocycles. The van der Waals surface area contributed by atoms with Crippen molar-refractivity contribution in [2.75, 3.05) is 13.1 Å². The molecule has 1 aliphatic rings. The van der Waals surface area contributed by atoms with Gasteiger partial charge in [-0.2, -0.15) is 0 Å². The van der Waals surface area contributed by atoms with E-state index in [0.29, 0.717) is 13.0 Å². The molecule has 2 atom stereocenters. The van der Waals surface area contributed by atoms with Crippen molar-refractivity contribution in [1.29, 1.82) is 0 Å². The first-order chi connectivity index (χ1) is 7.15. The first-order valence-corrected chi connectivity index (χ1v) is 6.11. The Hall–Kier alpha value is -0.570. The molecule has 0 aromatic carbocycles. The van der Waals surface area contributed by atoms with Gasteiger partial charge in [0.25, 0.3) is 0 Å². The van der Waals surface area contributed by atoms with E-state index in [1.54, 1.807) is 0 Å². The maximum atomic E-state index is 11.7. The second kappa shape index (κ2) is 6.11. The molecule has 1 saturated heterocycles. The van der Waals surface area contributed by atoms with Crippen molar-refractivity contribution >= 4 is 5.91 Å². The summed E-state index contributed by atoms with van der Waals surface area (Å²) in [6.45, 7) is 5.45. The van der Waals surface area contributed by atoms with Crippen LogP contribution in [0.4, 0.5) is 0 Å². The van der Waals surface area contributed by atoms with Crippen LogP contribution in [0, 0.1) is 5.92 Å². The summed E-state index contributed by atoms with van der Waals surface area (Å²) in [6, 6.07) is 0. The summed E-state index contributed by atoms with van der Waals surface area (Å²) in [7, 11) is 0. The van der Waals surface area contributed by atoms with Crippen LogP contribution in [-0.2, 0) is 4.79 Å². The van der Waals surface area contributed by atoms with E-state index in [1.807, 2.05) is 11.8 Å². The van der Waals surface area contributed by atoms with Crippen molar-refractivity contribution in [3.63, 3.8) is 0 Å². The number of likely N-dealkylation sites (tertiary alicyclic amines) is 1. The van der Waals surface area contributed by atoms with E-state index < -0.39 is 0 Å². The van der Waals surface area contributed by atoms with Crippen LogP contribution in [0.15, 0.2) is 0 Å². The Morgan fingerprint density at radius 1 is 1.40 bits per heavy atom. The van der Waals surface area contributed by atoms with Gasteiger partial charge in [-0.25, -0.2) is 0 Å². The summed E-state index contributed by atoms with van der Waals surface area (Å²) in [6.07, 6.45) is 4.49. The second-order valence-corrected chi connectivity index (χ2v) is 4.60. The molecule has 0 aliphatic carbocycles. The van der Waals surface area contributed by atoms with Gasteiger partial charge >= 0.3 is 0 Å². The Labute approximate surface area is 92.5 Å². The van der Waals surface area contributed by atoms with Crippen molar-refractivity contribution in [3.8, 4) is 0 Å². The quantitative estimate of drug-likeness (QED) is 0.773. The molecule has 1 fully saturated rings. The van der Waals surface area contributed by atoms with Crippen LogP contribution in [0.3, 0.4) is 0 Å². The Bertz CT molecular complexity index is 206. The molecule has 1 N–H and O–H groups in total. The average Bonchev–Trinajstić information content (AvgIpc) is 2.43. The summed E-state index contributed by atoms with van der Waals surface area (Å²) in [5, 5.41) is 9.89. The fraction of sp³-hybridized carbons (Fsp3) is 0.917. The lowest BCUT2D eigenvalue weighted by Crippen LogP contribution is -2.39. The summed E-state index contributed by atoms with van der Waals surface area (Å²) in [4.78, 5) is 13.5. The van der Waals surface area contributed by atoms with E-state index in [9.17, 15) is 9.90 Å². The molecule has 0 aromatic heterocycles. The van der Waals surface area contributed by atoms with Crippen LogP contribution in [0.5, 0.6) is 0 Å². The number of hydrogen-bond donors (Lipinski definition) is 1. The monoisotopic (exact) mass is 213 g/mol. The van der Waals surface area contributed by atoms with Gasteiger partial charge in [-0.15, -0.1) is 0 Å². The zero-order valence-corrected chi connectivity index (χ0v) is 9.91. The fourth-order valence-electron chi connectivity index (χ4n) is 1.91. The molecule has 0 spiro atoms. The van der Waals surface area contributed by atoms with Gasteiger partial charge in [-0.3, -0.25) is 4.79 Å². The maximum absolute atomic E-state index is 11.7. The number of β-amino-alcohol motifs (C(OH)–C–C–N with tert-alkyl or cyclic N) is 1. The van der Waals surface area contributed by atoms with E-state index in [4.69, 9.17) is 0 Å². The smallest absolute Gasteiger partial charge is 0.222 e. The topological polar surface area (TPSA) is 40.5 Å². The zero-order valence-electron chi connectivity index (χ0n) is 9.91. The van der Waals surface area contributed by atoms with E-state index >= 15 is 0 Å². The van der Waals surface area contributed by atoms with Crippen LogP contribution in [0.25, 0.3) is 0 Å². The summed E-state index contributed by atoms with van der Waals surface area (Å²) < 4.78 is 0. The fourth-order valence-corrected chi connectivity index (χ4v) is 1.91. The molecule has 1 amide bonds. The number of carbonyl (C=O) groups is 1. The lowest BCUT2D eigenvalue weighted by atomic mass is 10.0. The normalized spacial score (nSPS) is 22.3. The molecule has 0 aromatic rings. The van der Waals surface area contributed by atoms with Crippen molar-refractivity contribution in [1.82, 2.24) is 4.90 Å². The summed E-state index contributed by atoms with van der Waals surface area (Å²) in [5.74, 6) is 0.496. The number of amides is 1. The van der Waals surface area contributed by atoms with Crippen LogP contribution in [0.1, 0.15) is 46.0 Å². The molecule has 15 heavy (non-hydrogen) atoms. The molecule has 88 valence electrons. The van der Waals surface area contributed by atoms with Gasteiger partial charge in [0.2, 0.25) is 5.91 Å². The number of carbonyl (C=O) groups excluding carboxylic acids is 1. The van der Waals surface area contributed by atoms with Gasteiger partial charge in [0.15, 0.2) is 0 Å². The van der Waals surface area contributed by atoms with Crippen LogP contribution >= 0.6 is 0 Å². The van der Waals surface area contributed by atoms with Crippen molar-refractivity contribution in [2.24, 2.45) is 5.92 Å². The third kappa shape index (κ3) is 3.82. The Morgan fingerprint density at radius 3 is 2.80 bits per heavy atom. The predicted molar refractivity (Wildman–Crippen MR) is 60.5 cm³/mol. The largest absolute Gasteiger partial charge is 0.391 e. The molecule has 0 saturated carbocycles.